The highest BCUT2D eigenvalue weighted by molar-refractivity contribution is 7.99. The molecule has 1 aliphatic carbocycles. The molecule has 10 heteroatoms. The molecule has 37 heavy (non-hydrogen) atoms. The first-order valence-electron chi connectivity index (χ1n) is 12.9. The van der Waals surface area contributed by atoms with Gasteiger partial charge in [-0.15, -0.1) is 10.2 Å². The number of carbonyl (C=O) groups excluding carboxylic acids is 3. The molecule has 9 nitrogen and oxygen atoms in total. The van der Waals surface area contributed by atoms with Crippen molar-refractivity contribution in [2.45, 2.75) is 76.2 Å². The van der Waals surface area contributed by atoms with Crippen LogP contribution in [0.15, 0.2) is 33.9 Å². The number of nitrogens with zero attached hydrogens (tertiary/aromatic N) is 4. The number of ketones is 1. The fourth-order valence-electron chi connectivity index (χ4n) is 4.75. The summed E-state index contributed by atoms with van der Waals surface area (Å²) >= 11 is 1.39. The number of hydrogen-bond acceptors (Lipinski definition) is 8. The number of aryl methyl sites for hydroxylation is 1. The summed E-state index contributed by atoms with van der Waals surface area (Å²) in [6, 6.07) is 6.51. The molecule has 1 N–H and O–H groups in total. The lowest BCUT2D eigenvalue weighted by Crippen LogP contribution is -2.65. The molecular formula is C27H39N5O4S. The SMILES string of the molecule is Cc1cccc(C(=O)NC2(N(C=O)C(CC(C)C)C(=O)c3nnc(SCCN(C)C)o3)CCCCC2)c1. The molecule has 1 saturated carbocycles. The molecular weight excluding hydrogens is 490 g/mol. The van der Waals surface area contributed by atoms with Gasteiger partial charge in [-0.05, 0) is 71.2 Å². The predicted molar refractivity (Wildman–Crippen MR) is 144 cm³/mol. The normalized spacial score (nSPS) is 16.0. The van der Waals surface area contributed by atoms with Gasteiger partial charge in [0.15, 0.2) is 0 Å². The topological polar surface area (TPSA) is 109 Å². The van der Waals surface area contributed by atoms with Crippen molar-refractivity contribution in [3.8, 4) is 0 Å². The van der Waals surface area contributed by atoms with E-state index >= 15 is 0 Å². The highest BCUT2D eigenvalue weighted by atomic mass is 32.2. The zero-order chi connectivity index (χ0) is 27.0. The van der Waals surface area contributed by atoms with E-state index in [-0.39, 0.29) is 17.7 Å². The second-order valence-electron chi connectivity index (χ2n) is 10.5. The lowest BCUT2D eigenvalue weighted by molar-refractivity contribution is -0.129. The van der Waals surface area contributed by atoms with Gasteiger partial charge in [0.05, 0.1) is 0 Å². The number of hydrogen-bond donors (Lipinski definition) is 1. The van der Waals surface area contributed by atoms with Crippen molar-refractivity contribution in [1.29, 1.82) is 0 Å². The van der Waals surface area contributed by atoms with Gasteiger partial charge in [0.2, 0.25) is 12.2 Å². The van der Waals surface area contributed by atoms with Gasteiger partial charge < -0.3 is 19.5 Å². The van der Waals surface area contributed by atoms with Crippen molar-refractivity contribution in [3.63, 3.8) is 0 Å². The monoisotopic (exact) mass is 529 g/mol. The maximum atomic E-state index is 13.7. The van der Waals surface area contributed by atoms with E-state index < -0.39 is 17.5 Å². The minimum Gasteiger partial charge on any atom is -0.408 e. The van der Waals surface area contributed by atoms with Crippen molar-refractivity contribution in [3.05, 3.63) is 41.3 Å². The van der Waals surface area contributed by atoms with Crippen LogP contribution >= 0.6 is 11.8 Å². The molecule has 0 spiro atoms. The van der Waals surface area contributed by atoms with Gasteiger partial charge in [0.25, 0.3) is 17.0 Å². The van der Waals surface area contributed by atoms with E-state index in [0.717, 1.165) is 37.1 Å². The molecule has 1 aromatic carbocycles. The fourth-order valence-corrected chi connectivity index (χ4v) is 5.61. The van der Waals surface area contributed by atoms with Gasteiger partial charge in [0.1, 0.15) is 11.7 Å². The van der Waals surface area contributed by atoms with Gasteiger partial charge in [-0.2, -0.15) is 0 Å². The minimum atomic E-state index is -0.973. The number of rotatable bonds is 13. The number of amides is 2. The Labute approximate surface area is 223 Å². The van der Waals surface area contributed by atoms with Crippen LogP contribution in [0.2, 0.25) is 0 Å². The molecule has 3 rings (SSSR count). The molecule has 1 aromatic heterocycles. The van der Waals surface area contributed by atoms with Crippen molar-refractivity contribution in [2.75, 3.05) is 26.4 Å². The van der Waals surface area contributed by atoms with Crippen LogP contribution in [0, 0.1) is 12.8 Å². The number of aromatic nitrogens is 2. The summed E-state index contributed by atoms with van der Waals surface area (Å²) in [5.74, 6) is 0.0857. The summed E-state index contributed by atoms with van der Waals surface area (Å²) in [5, 5.41) is 11.5. The second-order valence-corrected chi connectivity index (χ2v) is 11.5. The maximum absolute atomic E-state index is 13.7. The number of nitrogens with one attached hydrogen (secondary N) is 1. The minimum absolute atomic E-state index is 0.110. The van der Waals surface area contributed by atoms with Crippen LogP contribution in [0.25, 0.3) is 0 Å². The summed E-state index contributed by atoms with van der Waals surface area (Å²) in [6.45, 7) is 6.75. The molecule has 1 fully saturated rings. The van der Waals surface area contributed by atoms with E-state index in [9.17, 15) is 14.4 Å². The van der Waals surface area contributed by atoms with E-state index in [1.165, 1.54) is 16.7 Å². The van der Waals surface area contributed by atoms with Crippen molar-refractivity contribution >= 4 is 29.9 Å². The zero-order valence-electron chi connectivity index (χ0n) is 22.5. The second kappa shape index (κ2) is 13.2. The van der Waals surface area contributed by atoms with E-state index in [0.29, 0.717) is 36.5 Å². The average molecular weight is 530 g/mol. The van der Waals surface area contributed by atoms with Gasteiger partial charge >= 0.3 is 0 Å². The van der Waals surface area contributed by atoms with Gasteiger partial charge in [-0.1, -0.05) is 49.7 Å². The van der Waals surface area contributed by atoms with E-state index in [2.05, 4.69) is 15.5 Å². The molecule has 1 unspecified atom stereocenters. The lowest BCUT2D eigenvalue weighted by atomic mass is 9.84. The molecule has 2 aromatic rings. The number of Topliss-reactive ketones (excluding diaryl/α,β-unsaturated/α-hetero) is 1. The molecule has 0 bridgehead atoms. The highest BCUT2D eigenvalue weighted by Gasteiger charge is 2.45. The van der Waals surface area contributed by atoms with Crippen molar-refractivity contribution in [2.24, 2.45) is 5.92 Å². The Hall–Kier alpha value is -2.72. The Morgan fingerprint density at radius 3 is 2.54 bits per heavy atom. The molecule has 1 aliphatic rings. The Balaban J connectivity index is 1.90. The quantitative estimate of drug-likeness (QED) is 0.178. The van der Waals surface area contributed by atoms with Crippen LogP contribution in [-0.2, 0) is 4.79 Å². The van der Waals surface area contributed by atoms with E-state index in [1.54, 1.807) is 6.07 Å². The first kappa shape index (κ1) is 28.8. The Bertz CT molecular complexity index is 1060. The van der Waals surface area contributed by atoms with Crippen molar-refractivity contribution in [1.82, 2.24) is 25.3 Å². The molecule has 1 atom stereocenters. The first-order valence-corrected chi connectivity index (χ1v) is 13.9. The van der Waals surface area contributed by atoms with Crippen molar-refractivity contribution < 1.29 is 18.8 Å². The van der Waals surface area contributed by atoms with Crippen LogP contribution in [0.5, 0.6) is 0 Å². The summed E-state index contributed by atoms with van der Waals surface area (Å²) in [5.41, 5.74) is 0.527. The van der Waals surface area contributed by atoms with Crippen LogP contribution in [-0.4, -0.2) is 76.2 Å². The summed E-state index contributed by atoms with van der Waals surface area (Å²) in [4.78, 5) is 43.3. The molecule has 2 amide bonds. The highest BCUT2D eigenvalue weighted by Crippen LogP contribution is 2.35. The van der Waals surface area contributed by atoms with Crippen LogP contribution < -0.4 is 5.32 Å². The van der Waals surface area contributed by atoms with E-state index in [4.69, 9.17) is 4.42 Å². The standard InChI is InChI=1S/C27H39N5O4S/c1-19(2)16-22(23(34)25-29-30-26(36-25)37-15-14-31(4)5)32(18-33)27(12-7-6-8-13-27)28-24(35)21-11-9-10-20(3)17-21/h9-11,17-19,22H,6-8,12-16H2,1-5H3,(H,28,35). The number of benzene rings is 1. The average Bonchev–Trinajstić information content (AvgIpc) is 3.32. The summed E-state index contributed by atoms with van der Waals surface area (Å²) < 4.78 is 5.71. The number of carbonyl (C=O) groups is 3. The van der Waals surface area contributed by atoms with Crippen LogP contribution in [0.4, 0.5) is 0 Å². The fraction of sp³-hybridized carbons (Fsp3) is 0.593. The van der Waals surface area contributed by atoms with E-state index in [1.807, 2.05) is 58.0 Å². The van der Waals surface area contributed by atoms with Gasteiger partial charge in [-0.25, -0.2) is 0 Å². The molecule has 0 saturated heterocycles. The molecule has 1 heterocycles. The zero-order valence-corrected chi connectivity index (χ0v) is 23.3. The number of thioether (sulfide) groups is 1. The van der Waals surface area contributed by atoms with Crippen LogP contribution in [0.1, 0.15) is 79.0 Å². The van der Waals surface area contributed by atoms with Gasteiger partial charge in [-0.3, -0.25) is 14.4 Å². The Kier molecular flexibility index (Phi) is 10.3. The predicted octanol–water partition coefficient (Wildman–Crippen LogP) is 4.18. The third kappa shape index (κ3) is 7.64. The Morgan fingerprint density at radius 1 is 1.19 bits per heavy atom. The third-order valence-electron chi connectivity index (χ3n) is 6.63. The third-order valence-corrected chi connectivity index (χ3v) is 7.43. The summed E-state index contributed by atoms with van der Waals surface area (Å²) in [6.07, 6.45) is 4.94. The lowest BCUT2D eigenvalue weighted by Gasteiger charge is -2.48. The first-order chi connectivity index (χ1) is 17.6. The Morgan fingerprint density at radius 2 is 1.92 bits per heavy atom. The van der Waals surface area contributed by atoms with Crippen LogP contribution in [0.3, 0.4) is 0 Å². The summed E-state index contributed by atoms with van der Waals surface area (Å²) in [7, 11) is 3.96. The molecule has 0 aliphatic heterocycles. The largest absolute Gasteiger partial charge is 0.408 e. The molecule has 202 valence electrons. The smallest absolute Gasteiger partial charge is 0.286 e. The van der Waals surface area contributed by atoms with Gasteiger partial charge in [0, 0.05) is 17.9 Å². The molecule has 0 radical (unpaired) electrons. The maximum Gasteiger partial charge on any atom is 0.286 e.